The van der Waals surface area contributed by atoms with Crippen LogP contribution in [0, 0.1) is 5.92 Å². The topological polar surface area (TPSA) is 26.3 Å². The molecule has 0 saturated carbocycles. The van der Waals surface area contributed by atoms with Gasteiger partial charge in [0, 0.05) is 27.6 Å². The van der Waals surface area contributed by atoms with E-state index in [1.165, 1.54) is 0 Å². The van der Waals surface area contributed by atoms with E-state index in [2.05, 4.69) is 0 Å². The van der Waals surface area contributed by atoms with Crippen LogP contribution in [0.4, 0.5) is 0 Å². The second-order valence-corrected chi connectivity index (χ2v) is 9.26. The molecule has 0 bridgehead atoms. The van der Waals surface area contributed by atoms with Gasteiger partial charge in [0.15, 0.2) is 5.60 Å². The first kappa shape index (κ1) is 22.5. The van der Waals surface area contributed by atoms with Gasteiger partial charge in [0.05, 0.1) is 5.92 Å². The van der Waals surface area contributed by atoms with E-state index in [9.17, 15) is 4.79 Å². The Morgan fingerprint density at radius 1 is 0.706 bits per heavy atom. The fourth-order valence-corrected chi connectivity index (χ4v) is 4.82. The average molecular weight is 485 g/mol. The Morgan fingerprint density at radius 3 is 1.82 bits per heavy atom. The van der Waals surface area contributed by atoms with Gasteiger partial charge < -0.3 is 4.74 Å². The van der Waals surface area contributed by atoms with E-state index < -0.39 is 11.5 Å². The van der Waals surface area contributed by atoms with E-state index in [4.69, 9.17) is 27.9 Å². The molecule has 0 radical (unpaired) electrons. The fourth-order valence-electron chi connectivity index (χ4n) is 4.56. The molecule has 0 N–H and O–H groups in total. The Hall–Kier alpha value is -3.33. The summed E-state index contributed by atoms with van der Waals surface area (Å²) >= 11 is 12.3. The van der Waals surface area contributed by atoms with Crippen molar-refractivity contribution in [3.8, 4) is 0 Å². The van der Waals surface area contributed by atoms with Crippen LogP contribution >= 0.6 is 23.2 Å². The third kappa shape index (κ3) is 4.40. The third-order valence-electron chi connectivity index (χ3n) is 6.24. The molecule has 1 saturated heterocycles. The van der Waals surface area contributed by atoms with Crippen LogP contribution < -0.4 is 0 Å². The zero-order valence-electron chi connectivity index (χ0n) is 18.3. The Bertz CT molecular complexity index is 1310. The van der Waals surface area contributed by atoms with Crippen LogP contribution in [0.3, 0.4) is 0 Å². The van der Waals surface area contributed by atoms with Gasteiger partial charge >= 0.3 is 5.97 Å². The summed E-state index contributed by atoms with van der Waals surface area (Å²) in [6.45, 7) is 0. The van der Waals surface area contributed by atoms with Crippen LogP contribution in [-0.2, 0) is 15.1 Å². The highest BCUT2D eigenvalue weighted by Crippen LogP contribution is 2.46. The molecule has 2 atom stereocenters. The molecule has 0 amide bonds. The van der Waals surface area contributed by atoms with Crippen LogP contribution in [-0.4, -0.2) is 5.97 Å². The predicted octanol–water partition coefficient (Wildman–Crippen LogP) is 7.93. The molecule has 4 aromatic carbocycles. The van der Waals surface area contributed by atoms with Crippen LogP contribution in [0.2, 0.25) is 10.0 Å². The minimum Gasteiger partial charge on any atom is -0.449 e. The number of carbonyl (C=O) groups is 1. The molecular weight excluding hydrogens is 463 g/mol. The van der Waals surface area contributed by atoms with E-state index in [0.29, 0.717) is 16.5 Å². The maximum absolute atomic E-state index is 13.3. The molecule has 1 fully saturated rings. The third-order valence-corrected chi connectivity index (χ3v) is 6.75. The Kier molecular flexibility index (Phi) is 6.28. The second-order valence-electron chi connectivity index (χ2n) is 8.38. The van der Waals surface area contributed by atoms with Gasteiger partial charge in [-0.3, -0.25) is 4.79 Å². The Balaban J connectivity index is 1.61. The number of hydrogen-bond acceptors (Lipinski definition) is 2. The van der Waals surface area contributed by atoms with E-state index in [0.717, 1.165) is 27.8 Å². The number of ether oxygens (including phenoxy) is 1. The summed E-state index contributed by atoms with van der Waals surface area (Å²) in [6.07, 6.45) is 2.52. The summed E-state index contributed by atoms with van der Waals surface area (Å²) in [4.78, 5) is 13.3. The molecule has 2 unspecified atom stereocenters. The zero-order valence-corrected chi connectivity index (χ0v) is 19.8. The van der Waals surface area contributed by atoms with Crippen LogP contribution in [0.1, 0.15) is 28.7 Å². The minimum absolute atomic E-state index is 0.249. The van der Waals surface area contributed by atoms with E-state index in [1.54, 1.807) is 0 Å². The molecule has 34 heavy (non-hydrogen) atoms. The van der Waals surface area contributed by atoms with Gasteiger partial charge in [0.2, 0.25) is 0 Å². The lowest BCUT2D eigenvalue weighted by Gasteiger charge is -2.29. The summed E-state index contributed by atoms with van der Waals surface area (Å²) in [5.74, 6) is -0.678. The smallest absolute Gasteiger partial charge is 0.314 e. The van der Waals surface area contributed by atoms with Gasteiger partial charge in [-0.2, -0.15) is 0 Å². The quantitative estimate of drug-likeness (QED) is 0.268. The number of benzene rings is 4. The number of carbonyl (C=O) groups excluding carboxylic acids is 1. The summed E-state index contributed by atoms with van der Waals surface area (Å²) in [6, 6.07) is 35.2. The second kappa shape index (κ2) is 9.50. The highest BCUT2D eigenvalue weighted by molar-refractivity contribution is 6.30. The predicted molar refractivity (Wildman–Crippen MR) is 138 cm³/mol. The lowest BCUT2D eigenvalue weighted by atomic mass is 9.80. The maximum Gasteiger partial charge on any atom is 0.314 e. The molecule has 0 spiro atoms. The van der Waals surface area contributed by atoms with E-state index >= 15 is 0 Å². The standard InChI is InChI=1S/C30H22Cl2O2/c31-26-15-11-22(12-16-26)28(21-7-3-1-4-8-21)19-23-20-30(34-29(23)33,24-9-5-2-6-10-24)25-13-17-27(32)18-14-25/h1-19,23H,20H2. The minimum atomic E-state index is -0.883. The van der Waals surface area contributed by atoms with Crippen molar-refractivity contribution >= 4 is 34.7 Å². The van der Waals surface area contributed by atoms with Crippen molar-refractivity contribution in [2.24, 2.45) is 5.92 Å². The van der Waals surface area contributed by atoms with Gasteiger partial charge in [0.1, 0.15) is 0 Å². The number of cyclic esters (lactones) is 1. The molecule has 0 aromatic heterocycles. The molecule has 2 nitrogen and oxygen atoms in total. The SMILES string of the molecule is O=C1OC(c2ccccc2)(c2ccc(Cl)cc2)CC1C=C(c1ccccc1)c1ccc(Cl)cc1. The molecular formula is C30H22Cl2O2. The highest BCUT2D eigenvalue weighted by atomic mass is 35.5. The van der Waals surface area contributed by atoms with Gasteiger partial charge in [-0.25, -0.2) is 0 Å². The van der Waals surface area contributed by atoms with Crippen LogP contribution in [0.25, 0.3) is 5.57 Å². The summed E-state index contributed by atoms with van der Waals surface area (Å²) in [5, 5.41) is 1.31. The van der Waals surface area contributed by atoms with Crippen LogP contribution in [0.5, 0.6) is 0 Å². The average Bonchev–Trinajstić information content (AvgIpc) is 3.21. The fraction of sp³-hybridized carbons (Fsp3) is 0.100. The summed E-state index contributed by atoms with van der Waals surface area (Å²) in [5.41, 5.74) is 3.95. The first-order valence-electron chi connectivity index (χ1n) is 11.1. The molecule has 0 aliphatic carbocycles. The summed E-state index contributed by atoms with van der Waals surface area (Å²) in [7, 11) is 0. The monoisotopic (exact) mass is 484 g/mol. The largest absolute Gasteiger partial charge is 0.449 e. The Labute approximate surface area is 209 Å². The van der Waals surface area contributed by atoms with Crippen molar-refractivity contribution in [3.63, 3.8) is 0 Å². The first-order valence-corrected chi connectivity index (χ1v) is 11.9. The maximum atomic E-state index is 13.3. The lowest BCUT2D eigenvalue weighted by Crippen LogP contribution is -2.27. The normalized spacial score (nSPS) is 20.2. The van der Waals surface area contributed by atoms with Gasteiger partial charge in [0.25, 0.3) is 0 Å². The number of halogens is 2. The molecule has 1 aliphatic heterocycles. The molecule has 1 heterocycles. The first-order chi connectivity index (χ1) is 16.5. The van der Waals surface area contributed by atoms with Gasteiger partial charge in [-0.1, -0.05) is 114 Å². The molecule has 4 heteroatoms. The molecule has 4 aromatic rings. The van der Waals surface area contributed by atoms with Crippen molar-refractivity contribution in [1.82, 2.24) is 0 Å². The molecule has 5 rings (SSSR count). The van der Waals surface area contributed by atoms with Gasteiger partial charge in [-0.05, 0) is 41.0 Å². The number of rotatable bonds is 5. The van der Waals surface area contributed by atoms with Crippen molar-refractivity contribution in [1.29, 1.82) is 0 Å². The van der Waals surface area contributed by atoms with Gasteiger partial charge in [-0.15, -0.1) is 0 Å². The molecule has 1 aliphatic rings. The van der Waals surface area contributed by atoms with E-state index in [-0.39, 0.29) is 5.97 Å². The van der Waals surface area contributed by atoms with Crippen molar-refractivity contribution in [3.05, 3.63) is 148 Å². The Morgan fingerprint density at radius 2 is 1.21 bits per heavy atom. The van der Waals surface area contributed by atoms with Crippen molar-refractivity contribution in [2.75, 3.05) is 0 Å². The zero-order chi connectivity index (χ0) is 23.5. The van der Waals surface area contributed by atoms with Crippen molar-refractivity contribution in [2.45, 2.75) is 12.0 Å². The highest BCUT2D eigenvalue weighted by Gasteiger charge is 2.48. The van der Waals surface area contributed by atoms with E-state index in [1.807, 2.05) is 115 Å². The lowest BCUT2D eigenvalue weighted by molar-refractivity contribution is -0.147. The van der Waals surface area contributed by atoms with Crippen LogP contribution in [0.15, 0.2) is 115 Å². The molecule has 168 valence electrons. The van der Waals surface area contributed by atoms with Crippen molar-refractivity contribution < 1.29 is 9.53 Å². The number of esters is 1. The summed E-state index contributed by atoms with van der Waals surface area (Å²) < 4.78 is 6.22. The number of hydrogen-bond donors (Lipinski definition) is 0.